The lowest BCUT2D eigenvalue weighted by Gasteiger charge is -2.24. The van der Waals surface area contributed by atoms with Gasteiger partial charge in [-0.3, -0.25) is 9.59 Å². The van der Waals surface area contributed by atoms with Crippen LogP contribution in [0.3, 0.4) is 0 Å². The van der Waals surface area contributed by atoms with E-state index in [0.29, 0.717) is 28.8 Å². The van der Waals surface area contributed by atoms with E-state index in [1.807, 2.05) is 25.1 Å². The van der Waals surface area contributed by atoms with Gasteiger partial charge >= 0.3 is 0 Å². The highest BCUT2D eigenvalue weighted by atomic mass is 35.5. The molecule has 0 heterocycles. The quantitative estimate of drug-likeness (QED) is 0.751. The Morgan fingerprint density at radius 3 is 2.52 bits per heavy atom. The summed E-state index contributed by atoms with van der Waals surface area (Å²) in [7, 11) is 1.52. The molecule has 0 spiro atoms. The van der Waals surface area contributed by atoms with Crippen LogP contribution in [0.15, 0.2) is 42.5 Å². The molecule has 2 amide bonds. The maximum Gasteiger partial charge on any atom is 0.258 e. The fourth-order valence-electron chi connectivity index (χ4n) is 2.49. The van der Waals surface area contributed by atoms with Gasteiger partial charge in [0.25, 0.3) is 5.91 Å². The minimum atomic E-state index is -0.262. The van der Waals surface area contributed by atoms with Crippen molar-refractivity contribution in [3.8, 4) is 11.5 Å². The highest BCUT2D eigenvalue weighted by Crippen LogP contribution is 2.33. The summed E-state index contributed by atoms with van der Waals surface area (Å²) < 4.78 is 10.7. The smallest absolute Gasteiger partial charge is 0.258 e. The molecule has 7 heteroatoms. The number of ether oxygens (including phenoxy) is 2. The predicted octanol–water partition coefficient (Wildman–Crippen LogP) is 3.21. The summed E-state index contributed by atoms with van der Waals surface area (Å²) in [5, 5.41) is 3.31. The second-order valence-electron chi connectivity index (χ2n) is 5.90. The fraction of sp³-hybridized carbons (Fsp3) is 0.300. The Balaban J connectivity index is 1.94. The number of benzene rings is 2. The van der Waals surface area contributed by atoms with Gasteiger partial charge in [0.1, 0.15) is 11.5 Å². The highest BCUT2D eigenvalue weighted by molar-refractivity contribution is 6.31. The van der Waals surface area contributed by atoms with E-state index >= 15 is 0 Å². The standard InChI is InChI=1S/C20H23ClN2O4/c1-14-11-18(19(26-3)12-17(14)21)23(15(2)24)10-9-22-20(25)13-27-16-7-5-4-6-8-16/h4-8,11-12H,9-10,13H2,1-3H3,(H,22,25). The monoisotopic (exact) mass is 390 g/mol. The number of aryl methyl sites for hydroxylation is 1. The summed E-state index contributed by atoms with van der Waals surface area (Å²) in [5.74, 6) is 0.699. The van der Waals surface area contributed by atoms with Crippen LogP contribution in [-0.4, -0.2) is 38.6 Å². The molecule has 0 saturated heterocycles. The summed E-state index contributed by atoms with van der Waals surface area (Å²) in [5.41, 5.74) is 1.45. The maximum atomic E-state index is 12.1. The first-order valence-corrected chi connectivity index (χ1v) is 8.87. The van der Waals surface area contributed by atoms with Crippen LogP contribution in [0.25, 0.3) is 0 Å². The van der Waals surface area contributed by atoms with Crippen molar-refractivity contribution < 1.29 is 19.1 Å². The van der Waals surface area contributed by atoms with Crippen molar-refractivity contribution in [1.82, 2.24) is 5.32 Å². The molecule has 0 aliphatic rings. The Kier molecular flexibility index (Phi) is 7.49. The Labute approximate surface area is 164 Å². The number of carbonyl (C=O) groups is 2. The molecule has 2 rings (SSSR count). The first kappa shape index (κ1) is 20.6. The predicted molar refractivity (Wildman–Crippen MR) is 106 cm³/mol. The normalized spacial score (nSPS) is 10.2. The minimum Gasteiger partial charge on any atom is -0.495 e. The second kappa shape index (κ2) is 9.83. The van der Waals surface area contributed by atoms with Crippen molar-refractivity contribution in [2.45, 2.75) is 13.8 Å². The number of hydrogen-bond donors (Lipinski definition) is 1. The van der Waals surface area contributed by atoms with E-state index in [-0.39, 0.29) is 25.0 Å². The van der Waals surface area contributed by atoms with Crippen LogP contribution in [0, 0.1) is 6.92 Å². The zero-order valence-electron chi connectivity index (χ0n) is 15.6. The van der Waals surface area contributed by atoms with E-state index in [4.69, 9.17) is 21.1 Å². The average Bonchev–Trinajstić information content (AvgIpc) is 2.66. The van der Waals surface area contributed by atoms with E-state index in [9.17, 15) is 9.59 Å². The average molecular weight is 391 g/mol. The number of amides is 2. The van der Waals surface area contributed by atoms with Crippen LogP contribution < -0.4 is 19.7 Å². The minimum absolute atomic E-state index is 0.0898. The summed E-state index contributed by atoms with van der Waals surface area (Å²) in [6.45, 7) is 3.80. The Hall–Kier alpha value is -2.73. The first-order valence-electron chi connectivity index (χ1n) is 8.49. The summed E-state index contributed by atoms with van der Waals surface area (Å²) in [6.07, 6.45) is 0. The van der Waals surface area contributed by atoms with Crippen molar-refractivity contribution >= 4 is 29.1 Å². The van der Waals surface area contributed by atoms with Gasteiger partial charge in [-0.25, -0.2) is 0 Å². The van der Waals surface area contributed by atoms with Crippen molar-refractivity contribution in [3.63, 3.8) is 0 Å². The number of methoxy groups -OCH3 is 1. The number of rotatable bonds is 8. The molecule has 0 unspecified atom stereocenters. The lowest BCUT2D eigenvalue weighted by Crippen LogP contribution is -2.39. The van der Waals surface area contributed by atoms with Gasteiger partial charge in [-0.2, -0.15) is 0 Å². The SMILES string of the molecule is COc1cc(Cl)c(C)cc1N(CCNC(=O)COc1ccccc1)C(C)=O. The van der Waals surface area contributed by atoms with Gasteiger partial charge in [0, 0.05) is 31.1 Å². The largest absolute Gasteiger partial charge is 0.495 e. The van der Waals surface area contributed by atoms with Crippen LogP contribution in [0.4, 0.5) is 5.69 Å². The van der Waals surface area contributed by atoms with Gasteiger partial charge in [-0.05, 0) is 30.7 Å². The molecule has 27 heavy (non-hydrogen) atoms. The van der Waals surface area contributed by atoms with Gasteiger partial charge < -0.3 is 19.7 Å². The lowest BCUT2D eigenvalue weighted by molar-refractivity contribution is -0.123. The third-order valence-corrected chi connectivity index (χ3v) is 4.31. The van der Waals surface area contributed by atoms with E-state index in [1.54, 1.807) is 29.2 Å². The Bertz CT molecular complexity index is 796. The zero-order chi connectivity index (χ0) is 19.8. The van der Waals surface area contributed by atoms with Gasteiger partial charge in [0.05, 0.1) is 12.8 Å². The summed E-state index contributed by atoms with van der Waals surface area (Å²) in [6, 6.07) is 12.6. The fourth-order valence-corrected chi connectivity index (χ4v) is 2.65. The van der Waals surface area contributed by atoms with Gasteiger partial charge in [-0.1, -0.05) is 29.8 Å². The van der Waals surface area contributed by atoms with Crippen LogP contribution in [0.1, 0.15) is 12.5 Å². The van der Waals surface area contributed by atoms with E-state index in [2.05, 4.69) is 5.32 Å². The van der Waals surface area contributed by atoms with Crippen LogP contribution >= 0.6 is 11.6 Å². The van der Waals surface area contributed by atoms with Crippen molar-refractivity contribution in [2.24, 2.45) is 0 Å². The molecule has 0 aliphatic heterocycles. The molecule has 144 valence electrons. The molecule has 1 N–H and O–H groups in total. The Morgan fingerprint density at radius 2 is 1.89 bits per heavy atom. The van der Waals surface area contributed by atoms with Crippen molar-refractivity contribution in [2.75, 3.05) is 31.7 Å². The molecule has 6 nitrogen and oxygen atoms in total. The number of para-hydroxylation sites is 1. The molecule has 0 aromatic heterocycles. The molecular weight excluding hydrogens is 368 g/mol. The first-order chi connectivity index (χ1) is 12.9. The van der Waals surface area contributed by atoms with Gasteiger partial charge in [0.2, 0.25) is 5.91 Å². The maximum absolute atomic E-state index is 12.1. The van der Waals surface area contributed by atoms with Crippen LogP contribution in [-0.2, 0) is 9.59 Å². The van der Waals surface area contributed by atoms with E-state index < -0.39 is 0 Å². The van der Waals surface area contributed by atoms with Crippen LogP contribution in [0.5, 0.6) is 11.5 Å². The number of hydrogen-bond acceptors (Lipinski definition) is 4. The van der Waals surface area contributed by atoms with Gasteiger partial charge in [-0.15, -0.1) is 0 Å². The van der Waals surface area contributed by atoms with Crippen LogP contribution in [0.2, 0.25) is 5.02 Å². The van der Waals surface area contributed by atoms with E-state index in [1.165, 1.54) is 14.0 Å². The molecule has 0 saturated carbocycles. The zero-order valence-corrected chi connectivity index (χ0v) is 16.4. The number of carbonyl (C=O) groups excluding carboxylic acids is 2. The number of nitrogens with one attached hydrogen (secondary N) is 1. The summed E-state index contributed by atoms with van der Waals surface area (Å²) >= 11 is 6.13. The third kappa shape index (κ3) is 5.89. The lowest BCUT2D eigenvalue weighted by atomic mass is 10.2. The molecule has 0 aliphatic carbocycles. The molecule has 2 aromatic rings. The second-order valence-corrected chi connectivity index (χ2v) is 6.30. The van der Waals surface area contributed by atoms with Crippen molar-refractivity contribution in [3.05, 3.63) is 53.1 Å². The number of nitrogens with zero attached hydrogens (tertiary/aromatic N) is 1. The number of anilines is 1. The molecule has 2 aromatic carbocycles. The third-order valence-electron chi connectivity index (χ3n) is 3.90. The summed E-state index contributed by atoms with van der Waals surface area (Å²) in [4.78, 5) is 25.6. The molecule has 0 radical (unpaired) electrons. The van der Waals surface area contributed by atoms with Crippen molar-refractivity contribution in [1.29, 1.82) is 0 Å². The molecule has 0 fully saturated rings. The molecule has 0 atom stereocenters. The Morgan fingerprint density at radius 1 is 1.19 bits per heavy atom. The molecular formula is C20H23ClN2O4. The van der Waals surface area contributed by atoms with E-state index in [0.717, 1.165) is 5.56 Å². The molecule has 0 bridgehead atoms. The highest BCUT2D eigenvalue weighted by Gasteiger charge is 2.18. The topological polar surface area (TPSA) is 67.9 Å². The number of halogens is 1. The van der Waals surface area contributed by atoms with Gasteiger partial charge in [0.15, 0.2) is 6.61 Å².